The van der Waals surface area contributed by atoms with Crippen LogP contribution in [-0.2, 0) is 4.74 Å². The molecule has 1 heterocycles. The van der Waals surface area contributed by atoms with E-state index in [0.717, 1.165) is 19.2 Å². The van der Waals surface area contributed by atoms with Gasteiger partial charge in [0.2, 0.25) is 5.75 Å². The van der Waals surface area contributed by atoms with Crippen molar-refractivity contribution in [1.29, 1.82) is 0 Å². The van der Waals surface area contributed by atoms with Crippen LogP contribution in [0.2, 0.25) is 0 Å². The Morgan fingerprint density at radius 1 is 1.55 bits per heavy atom. The predicted octanol–water partition coefficient (Wildman–Crippen LogP) is 2.15. The maximum atomic E-state index is 13.8. The lowest BCUT2D eigenvalue weighted by molar-refractivity contribution is -0.386. The molecule has 2 rings (SSSR count). The number of nitrogens with one attached hydrogen (secondary N) is 1. The lowest BCUT2D eigenvalue weighted by Crippen LogP contribution is -2.49. The Morgan fingerprint density at radius 3 is 2.73 bits per heavy atom. The number of nitro benzene ring substituents is 1. The summed E-state index contributed by atoms with van der Waals surface area (Å²) in [4.78, 5) is 21.0. The number of hydrogen-bond donors (Lipinski definition) is 2. The minimum absolute atomic E-state index is 0. The molecular weight excluding hydrogens is 330 g/mol. The number of carbonyl (C=O) groups excluding carboxylic acids is 1. The number of alkyl halides is 2. The van der Waals surface area contributed by atoms with Crippen molar-refractivity contribution in [2.75, 3.05) is 13.7 Å². The number of ether oxygens (including phenoxy) is 2. The van der Waals surface area contributed by atoms with Crippen molar-refractivity contribution in [3.05, 3.63) is 27.8 Å². The van der Waals surface area contributed by atoms with E-state index in [1.807, 2.05) is 5.32 Å². The molecule has 0 aromatic heterocycles. The summed E-state index contributed by atoms with van der Waals surface area (Å²) in [6.07, 6.45) is -1.07. The van der Waals surface area contributed by atoms with Gasteiger partial charge < -0.3 is 19.9 Å². The zero-order chi connectivity index (χ0) is 15.8. The van der Waals surface area contributed by atoms with Crippen molar-refractivity contribution in [1.82, 2.24) is 5.32 Å². The zero-order valence-electron chi connectivity index (χ0n) is 11.0. The number of rotatable bonds is 3. The van der Waals surface area contributed by atoms with Crippen molar-refractivity contribution >= 4 is 24.2 Å². The largest absolute Gasteiger partial charge is 0.500 e. The van der Waals surface area contributed by atoms with E-state index in [1.165, 1.54) is 0 Å². The summed E-state index contributed by atoms with van der Waals surface area (Å²) in [6, 6.07) is -0.0823. The van der Waals surface area contributed by atoms with Crippen LogP contribution in [0.3, 0.4) is 0 Å². The average Bonchev–Trinajstić information content (AvgIpc) is 2.41. The van der Waals surface area contributed by atoms with Gasteiger partial charge in [0.1, 0.15) is 6.04 Å². The Morgan fingerprint density at radius 2 is 2.18 bits per heavy atom. The minimum atomic E-state index is -3.47. The highest BCUT2D eigenvalue weighted by molar-refractivity contribution is 5.85. The number of phenolic OH excluding ortho intramolecular Hbond substituents is 1. The second-order valence-corrected chi connectivity index (χ2v) is 4.26. The number of cyclic esters (lactones) is 1. The highest BCUT2D eigenvalue weighted by Gasteiger charge is 2.47. The molecule has 0 radical (unpaired) electrons. The van der Waals surface area contributed by atoms with E-state index in [1.54, 1.807) is 0 Å². The highest BCUT2D eigenvalue weighted by atomic mass is 35.5. The monoisotopic (exact) mass is 340 g/mol. The van der Waals surface area contributed by atoms with Gasteiger partial charge in [-0.2, -0.15) is 0 Å². The van der Waals surface area contributed by atoms with Crippen LogP contribution < -0.4 is 10.1 Å². The predicted molar refractivity (Wildman–Crippen MR) is 70.7 cm³/mol. The summed E-state index contributed by atoms with van der Waals surface area (Å²) in [5.74, 6) is -4.60. The van der Waals surface area contributed by atoms with E-state index < -0.39 is 41.0 Å². The first-order valence-corrected chi connectivity index (χ1v) is 5.62. The second-order valence-electron chi connectivity index (χ2n) is 4.26. The number of methoxy groups -OCH3 is 1. The minimum Gasteiger partial charge on any atom is -0.500 e. The van der Waals surface area contributed by atoms with E-state index in [-0.39, 0.29) is 23.7 Å². The number of nitrogens with zero attached hydrogens (tertiary/aromatic N) is 1. The number of amides is 1. The molecule has 0 bridgehead atoms. The van der Waals surface area contributed by atoms with E-state index >= 15 is 0 Å². The molecule has 1 amide bonds. The molecular formula is C11H11ClF2N2O6. The van der Waals surface area contributed by atoms with Crippen LogP contribution in [0, 0.1) is 10.1 Å². The van der Waals surface area contributed by atoms with Gasteiger partial charge in [-0.3, -0.25) is 10.1 Å². The van der Waals surface area contributed by atoms with Crippen LogP contribution in [0.1, 0.15) is 11.6 Å². The molecule has 1 aliphatic rings. The van der Waals surface area contributed by atoms with Crippen molar-refractivity contribution in [2.24, 2.45) is 0 Å². The lowest BCUT2D eigenvalue weighted by atomic mass is 9.99. The first kappa shape index (κ1) is 17.7. The Hall–Kier alpha value is -2.36. The van der Waals surface area contributed by atoms with Gasteiger partial charge in [0.15, 0.2) is 12.4 Å². The smallest absolute Gasteiger partial charge is 0.408 e. The fourth-order valence-electron chi connectivity index (χ4n) is 1.91. The molecule has 11 heteroatoms. The third kappa shape index (κ3) is 3.11. The third-order valence-electron chi connectivity index (χ3n) is 2.91. The number of alkyl carbamates (subject to hydrolysis) is 1. The summed E-state index contributed by atoms with van der Waals surface area (Å²) in [5, 5.41) is 22.3. The molecule has 22 heavy (non-hydrogen) atoms. The average molecular weight is 341 g/mol. The Labute approximate surface area is 128 Å². The fraction of sp³-hybridized carbons (Fsp3) is 0.364. The van der Waals surface area contributed by atoms with Gasteiger partial charge in [0.25, 0.3) is 0 Å². The molecule has 2 N–H and O–H groups in total. The van der Waals surface area contributed by atoms with Crippen LogP contribution in [0.25, 0.3) is 0 Å². The molecule has 8 nitrogen and oxygen atoms in total. The molecule has 0 saturated carbocycles. The summed E-state index contributed by atoms with van der Waals surface area (Å²) in [7, 11) is 1.11. The molecule has 1 saturated heterocycles. The zero-order valence-corrected chi connectivity index (χ0v) is 11.9. The fourth-order valence-corrected chi connectivity index (χ4v) is 1.91. The lowest BCUT2D eigenvalue weighted by Gasteiger charge is -2.31. The Balaban J connectivity index is 0.00000242. The van der Waals surface area contributed by atoms with Crippen molar-refractivity contribution in [2.45, 2.75) is 12.0 Å². The molecule has 122 valence electrons. The molecule has 1 aromatic rings. The summed E-state index contributed by atoms with van der Waals surface area (Å²) >= 11 is 0. The summed E-state index contributed by atoms with van der Waals surface area (Å²) < 4.78 is 36.5. The van der Waals surface area contributed by atoms with E-state index in [0.29, 0.717) is 0 Å². The normalized spacial score (nSPS) is 19.4. The van der Waals surface area contributed by atoms with Gasteiger partial charge in [0, 0.05) is 6.07 Å². The second kappa shape index (κ2) is 6.18. The van der Waals surface area contributed by atoms with E-state index in [2.05, 4.69) is 4.74 Å². The van der Waals surface area contributed by atoms with Gasteiger partial charge in [0.05, 0.1) is 12.0 Å². The van der Waals surface area contributed by atoms with Crippen LogP contribution in [0.4, 0.5) is 19.3 Å². The van der Waals surface area contributed by atoms with Crippen LogP contribution >= 0.6 is 12.4 Å². The van der Waals surface area contributed by atoms with Gasteiger partial charge in [-0.1, -0.05) is 0 Å². The maximum absolute atomic E-state index is 13.8. The highest BCUT2D eigenvalue weighted by Crippen LogP contribution is 2.42. The standard InChI is InChI=1S/C11H10F2N2O6.ClH/c1-20-7-3-5(2-6(8(7)16)15(18)19)9-11(12,13)4-21-10(17)14-9;/h2-3,9,16H,4H2,1H3,(H,14,17);1H/t9-;/m1./s1. The molecule has 1 aromatic carbocycles. The molecule has 1 fully saturated rings. The summed E-state index contributed by atoms with van der Waals surface area (Å²) in [5.41, 5.74) is -1.08. The Bertz CT molecular complexity index is 612. The first-order chi connectivity index (χ1) is 9.76. The molecule has 0 spiro atoms. The molecule has 1 aliphatic heterocycles. The van der Waals surface area contributed by atoms with Crippen molar-refractivity contribution < 1.29 is 33.1 Å². The quantitative estimate of drug-likeness (QED) is 0.644. The molecule has 1 atom stereocenters. The van der Waals surface area contributed by atoms with Crippen LogP contribution in [-0.4, -0.2) is 35.8 Å². The van der Waals surface area contributed by atoms with Crippen LogP contribution in [0.5, 0.6) is 11.5 Å². The molecule has 0 unspecified atom stereocenters. The van der Waals surface area contributed by atoms with Crippen molar-refractivity contribution in [3.8, 4) is 11.5 Å². The van der Waals surface area contributed by atoms with Gasteiger partial charge in [-0.05, 0) is 11.6 Å². The number of aromatic hydroxyl groups is 1. The Kier molecular flexibility index (Phi) is 4.97. The number of phenols is 1. The number of carbonyl (C=O) groups is 1. The third-order valence-corrected chi connectivity index (χ3v) is 2.91. The summed E-state index contributed by atoms with van der Waals surface area (Å²) in [6.45, 7) is -1.15. The molecule has 0 aliphatic carbocycles. The van der Waals surface area contributed by atoms with Gasteiger partial charge in [-0.15, -0.1) is 12.4 Å². The van der Waals surface area contributed by atoms with Gasteiger partial charge >= 0.3 is 17.7 Å². The first-order valence-electron chi connectivity index (χ1n) is 5.62. The van der Waals surface area contributed by atoms with E-state index in [4.69, 9.17) is 4.74 Å². The number of benzene rings is 1. The topological polar surface area (TPSA) is 111 Å². The maximum Gasteiger partial charge on any atom is 0.408 e. The van der Waals surface area contributed by atoms with Gasteiger partial charge in [-0.25, -0.2) is 13.6 Å². The van der Waals surface area contributed by atoms with E-state index in [9.17, 15) is 28.8 Å². The van der Waals surface area contributed by atoms with Crippen molar-refractivity contribution in [3.63, 3.8) is 0 Å². The number of halogens is 3. The number of hydrogen-bond acceptors (Lipinski definition) is 6. The number of nitro groups is 1. The van der Waals surface area contributed by atoms with Crippen LogP contribution in [0.15, 0.2) is 12.1 Å². The SMILES string of the molecule is COc1cc([C@H]2NC(=O)OCC2(F)F)cc([N+](=O)[O-])c1O.Cl.